The number of phenolic OH excluding ortho intramolecular Hbond substituents is 1. The average molecular weight is 544 g/mol. The monoisotopic (exact) mass is 543 g/mol. The minimum Gasteiger partial charge on any atom is -0.508 e. The number of allylic oxidation sites excluding steroid dienone is 6. The molecule has 4 aliphatic rings. The summed E-state index contributed by atoms with van der Waals surface area (Å²) in [4.78, 5) is 55.0. The van der Waals surface area contributed by atoms with Crippen molar-refractivity contribution in [1.29, 1.82) is 0 Å². The number of halogens is 1. The number of ketones is 2. The molecule has 7 heteroatoms. The molecule has 1 saturated heterocycles. The number of nitrogens with zero attached hydrogens (tertiary/aromatic N) is 1. The summed E-state index contributed by atoms with van der Waals surface area (Å²) >= 11 is 3.39. The van der Waals surface area contributed by atoms with Crippen molar-refractivity contribution < 1.29 is 24.3 Å². The lowest BCUT2D eigenvalue weighted by Crippen LogP contribution is -2.39. The number of carbonyl (C=O) groups is 4. The second kappa shape index (κ2) is 8.23. The molecule has 2 aromatic carbocycles. The van der Waals surface area contributed by atoms with Crippen molar-refractivity contribution in [1.82, 2.24) is 0 Å². The van der Waals surface area contributed by atoms with Crippen molar-refractivity contribution in [3.63, 3.8) is 0 Å². The van der Waals surface area contributed by atoms with Gasteiger partial charge in [0.15, 0.2) is 11.6 Å². The molecule has 6 rings (SSSR count). The molecular formula is C29H22BrNO5. The number of Topliss-reactive ketones (excluding diaryl/α,β-unsaturated/α-hetero) is 1. The van der Waals surface area contributed by atoms with Crippen LogP contribution in [0.4, 0.5) is 5.69 Å². The molecule has 0 radical (unpaired) electrons. The van der Waals surface area contributed by atoms with Gasteiger partial charge in [-0.1, -0.05) is 45.8 Å². The van der Waals surface area contributed by atoms with E-state index in [1.54, 1.807) is 55.5 Å². The fraction of sp³-hybridized carbons (Fsp3) is 0.241. The molecule has 4 atom stereocenters. The topological polar surface area (TPSA) is 91.8 Å². The molecule has 0 unspecified atom stereocenters. The van der Waals surface area contributed by atoms with E-state index in [0.29, 0.717) is 34.4 Å². The summed E-state index contributed by atoms with van der Waals surface area (Å²) in [6, 6.07) is 13.8. The molecule has 1 aliphatic heterocycles. The number of rotatable bonds is 2. The first-order chi connectivity index (χ1) is 17.3. The predicted molar refractivity (Wildman–Crippen MR) is 136 cm³/mol. The fourth-order valence-electron chi connectivity index (χ4n) is 6.29. The maximum atomic E-state index is 13.8. The second-order valence-electron chi connectivity index (χ2n) is 9.78. The third-order valence-corrected chi connectivity index (χ3v) is 8.43. The summed E-state index contributed by atoms with van der Waals surface area (Å²) in [6.07, 6.45) is 3.88. The van der Waals surface area contributed by atoms with Gasteiger partial charge in [0.2, 0.25) is 11.8 Å². The molecule has 0 saturated carbocycles. The number of fused-ring (bicyclic) bond motifs is 3. The molecule has 0 bridgehead atoms. The lowest BCUT2D eigenvalue weighted by atomic mass is 9.59. The van der Waals surface area contributed by atoms with E-state index in [1.807, 2.05) is 6.08 Å². The van der Waals surface area contributed by atoms with Crippen LogP contribution in [0.2, 0.25) is 0 Å². The number of aromatic hydroxyl groups is 1. The van der Waals surface area contributed by atoms with Gasteiger partial charge < -0.3 is 5.11 Å². The molecule has 3 aliphatic carbocycles. The summed E-state index contributed by atoms with van der Waals surface area (Å²) in [5, 5.41) is 10.8. The van der Waals surface area contributed by atoms with E-state index in [9.17, 15) is 24.3 Å². The van der Waals surface area contributed by atoms with Crippen molar-refractivity contribution in [2.75, 3.05) is 4.90 Å². The molecule has 0 spiro atoms. The van der Waals surface area contributed by atoms with Crippen LogP contribution in [0.15, 0.2) is 87.4 Å². The Balaban J connectivity index is 1.49. The van der Waals surface area contributed by atoms with Gasteiger partial charge in [0.1, 0.15) is 5.75 Å². The zero-order chi connectivity index (χ0) is 25.3. The number of carbonyl (C=O) groups excluding carboxylic acids is 4. The van der Waals surface area contributed by atoms with Gasteiger partial charge >= 0.3 is 0 Å². The Hall–Kier alpha value is -3.58. The van der Waals surface area contributed by atoms with E-state index in [1.165, 1.54) is 11.0 Å². The van der Waals surface area contributed by atoms with Gasteiger partial charge in [-0.25, -0.2) is 0 Å². The number of hydrogen-bond acceptors (Lipinski definition) is 5. The first-order valence-electron chi connectivity index (χ1n) is 11.9. The zero-order valence-electron chi connectivity index (χ0n) is 19.4. The third kappa shape index (κ3) is 3.22. The molecule has 6 nitrogen and oxygen atoms in total. The predicted octanol–water partition coefficient (Wildman–Crippen LogP) is 4.79. The quantitative estimate of drug-likeness (QED) is 0.334. The van der Waals surface area contributed by atoms with Gasteiger partial charge in [-0.15, -0.1) is 0 Å². The van der Waals surface area contributed by atoms with Crippen LogP contribution >= 0.6 is 15.9 Å². The lowest BCUT2D eigenvalue weighted by molar-refractivity contribution is -0.123. The Morgan fingerprint density at radius 2 is 1.67 bits per heavy atom. The smallest absolute Gasteiger partial charge is 0.238 e. The number of para-hydroxylation sites is 1. The zero-order valence-corrected chi connectivity index (χ0v) is 21.0. The van der Waals surface area contributed by atoms with E-state index >= 15 is 0 Å². The van der Waals surface area contributed by atoms with Crippen LogP contribution < -0.4 is 4.90 Å². The highest BCUT2D eigenvalue weighted by molar-refractivity contribution is 9.10. The standard InChI is InChI=1S/C29H22BrNO5/c1-14-12-23(33)21-13-20-17(24(26(21)27(14)34)18-4-2-3-5-22(18)32)10-11-19-25(20)29(36)31(28(19)35)16-8-6-15(30)7-9-16/h2-10,12,19-20,24-25,32H,11,13H2,1H3/t19-,20+,24+,25-/m0/s1. The van der Waals surface area contributed by atoms with Crippen molar-refractivity contribution in [3.8, 4) is 5.75 Å². The maximum Gasteiger partial charge on any atom is 0.238 e. The summed E-state index contributed by atoms with van der Waals surface area (Å²) < 4.78 is 0.841. The highest BCUT2D eigenvalue weighted by Crippen LogP contribution is 2.56. The number of anilines is 1. The van der Waals surface area contributed by atoms with Crippen LogP contribution in [0.25, 0.3) is 0 Å². The fourth-order valence-corrected chi connectivity index (χ4v) is 6.56. The lowest BCUT2D eigenvalue weighted by Gasteiger charge is -2.42. The van der Waals surface area contributed by atoms with Gasteiger partial charge in [0.25, 0.3) is 0 Å². The van der Waals surface area contributed by atoms with E-state index < -0.39 is 23.7 Å². The maximum absolute atomic E-state index is 13.8. The minimum absolute atomic E-state index is 0.0239. The molecule has 180 valence electrons. The third-order valence-electron chi connectivity index (χ3n) is 7.90. The van der Waals surface area contributed by atoms with E-state index in [0.717, 1.165) is 10.0 Å². The van der Waals surface area contributed by atoms with Gasteiger partial charge in [-0.3, -0.25) is 24.1 Å². The summed E-state index contributed by atoms with van der Waals surface area (Å²) in [7, 11) is 0. The number of benzene rings is 2. The molecular weight excluding hydrogens is 522 g/mol. The van der Waals surface area contributed by atoms with Crippen LogP contribution in [0.5, 0.6) is 5.75 Å². The average Bonchev–Trinajstić information content (AvgIpc) is 3.12. The Morgan fingerprint density at radius 3 is 2.39 bits per heavy atom. The van der Waals surface area contributed by atoms with Crippen molar-refractivity contribution >= 4 is 45.0 Å². The molecule has 1 fully saturated rings. The molecule has 1 N–H and O–H groups in total. The van der Waals surface area contributed by atoms with Crippen LogP contribution in [-0.4, -0.2) is 28.5 Å². The Bertz CT molecular complexity index is 1460. The molecule has 0 aromatic heterocycles. The van der Waals surface area contributed by atoms with Crippen LogP contribution in [0.3, 0.4) is 0 Å². The highest BCUT2D eigenvalue weighted by Gasteiger charge is 2.56. The van der Waals surface area contributed by atoms with Gasteiger partial charge in [-0.05, 0) is 62.1 Å². The molecule has 1 heterocycles. The van der Waals surface area contributed by atoms with E-state index in [4.69, 9.17) is 0 Å². The Morgan fingerprint density at radius 1 is 0.944 bits per heavy atom. The molecule has 2 amide bonds. The minimum atomic E-state index is -0.648. The van der Waals surface area contributed by atoms with Crippen LogP contribution in [0.1, 0.15) is 31.2 Å². The SMILES string of the molecule is CC1=CC(=O)C2=C(C1=O)[C@@H](c1ccccc1O)C1=CC[C@@H]3C(=O)N(c4ccc(Br)cc4)C(=O)[C@@H]3[C@@H]1C2. The molecule has 36 heavy (non-hydrogen) atoms. The molecule has 2 aromatic rings. The van der Waals surface area contributed by atoms with Crippen LogP contribution in [0, 0.1) is 17.8 Å². The summed E-state index contributed by atoms with van der Waals surface area (Å²) in [5.74, 6) is -3.22. The Kier molecular flexibility index (Phi) is 5.23. The highest BCUT2D eigenvalue weighted by atomic mass is 79.9. The van der Waals surface area contributed by atoms with Crippen molar-refractivity contribution in [2.24, 2.45) is 17.8 Å². The number of phenols is 1. The van der Waals surface area contributed by atoms with Gasteiger partial charge in [-0.2, -0.15) is 0 Å². The first-order valence-corrected chi connectivity index (χ1v) is 12.7. The van der Waals surface area contributed by atoms with E-state index in [-0.39, 0.29) is 35.6 Å². The summed E-state index contributed by atoms with van der Waals surface area (Å²) in [6.45, 7) is 1.62. The second-order valence-corrected chi connectivity index (χ2v) is 10.7. The summed E-state index contributed by atoms with van der Waals surface area (Å²) in [5.41, 5.74) is 2.98. The van der Waals surface area contributed by atoms with Crippen LogP contribution in [-0.2, 0) is 19.2 Å². The Labute approximate surface area is 216 Å². The largest absolute Gasteiger partial charge is 0.508 e. The van der Waals surface area contributed by atoms with Crippen molar-refractivity contribution in [3.05, 3.63) is 93.0 Å². The number of hydrogen-bond donors (Lipinski definition) is 1. The number of imide groups is 1. The van der Waals surface area contributed by atoms with Gasteiger partial charge in [0.05, 0.1) is 17.5 Å². The number of amides is 2. The van der Waals surface area contributed by atoms with E-state index in [2.05, 4.69) is 15.9 Å². The van der Waals surface area contributed by atoms with Crippen molar-refractivity contribution in [2.45, 2.75) is 25.7 Å². The first kappa shape index (κ1) is 22.9. The van der Waals surface area contributed by atoms with Gasteiger partial charge in [0, 0.05) is 32.7 Å². The normalized spacial score (nSPS) is 27.4.